The van der Waals surface area contributed by atoms with E-state index < -0.39 is 15.7 Å². The van der Waals surface area contributed by atoms with Crippen LogP contribution in [0.2, 0.25) is 0 Å². The third kappa shape index (κ3) is 2.78. The summed E-state index contributed by atoms with van der Waals surface area (Å²) in [7, 11) is -3.21. The number of benzene rings is 1. The van der Waals surface area contributed by atoms with Gasteiger partial charge in [0.15, 0.2) is 9.84 Å². The Morgan fingerprint density at radius 2 is 2.00 bits per heavy atom. The summed E-state index contributed by atoms with van der Waals surface area (Å²) in [6.07, 6.45) is 1.08. The fraction of sp³-hybridized carbons (Fsp3) is 0.333. The molecule has 0 aliphatic heterocycles. The van der Waals surface area contributed by atoms with Crippen LogP contribution in [0.4, 0.5) is 4.39 Å². The maximum absolute atomic E-state index is 13.3. The van der Waals surface area contributed by atoms with Crippen LogP contribution in [0.1, 0.15) is 11.1 Å². The number of hydrogen-bond donors (Lipinski definition) is 0. The normalized spacial score (nSPS) is 11.7. The Morgan fingerprint density at radius 3 is 2.50 bits per heavy atom. The number of sulfone groups is 1. The van der Waals surface area contributed by atoms with E-state index in [9.17, 15) is 12.8 Å². The van der Waals surface area contributed by atoms with Crippen LogP contribution in [0.5, 0.6) is 0 Å². The molecular weight excluding hydrogens is 271 g/mol. The van der Waals surface area contributed by atoms with Crippen LogP contribution in [0.25, 0.3) is 0 Å². The highest BCUT2D eigenvalue weighted by Crippen LogP contribution is 2.25. The lowest BCUT2D eigenvalue weighted by atomic mass is 10.1. The minimum atomic E-state index is -3.21. The molecule has 0 atom stereocenters. The van der Waals surface area contributed by atoms with E-state index in [1.807, 2.05) is 0 Å². The summed E-state index contributed by atoms with van der Waals surface area (Å²) < 4.78 is 35.9. The van der Waals surface area contributed by atoms with Gasteiger partial charge in [-0.3, -0.25) is 0 Å². The van der Waals surface area contributed by atoms with Gasteiger partial charge in [0.1, 0.15) is 5.82 Å². The van der Waals surface area contributed by atoms with Gasteiger partial charge in [-0.1, -0.05) is 22.0 Å². The summed E-state index contributed by atoms with van der Waals surface area (Å²) in [5, 5.41) is 0. The van der Waals surface area contributed by atoms with Crippen LogP contribution < -0.4 is 0 Å². The van der Waals surface area contributed by atoms with E-state index in [2.05, 4.69) is 15.9 Å². The molecule has 0 unspecified atom stereocenters. The maximum atomic E-state index is 13.3. The number of hydrogen-bond acceptors (Lipinski definition) is 2. The zero-order valence-corrected chi connectivity index (χ0v) is 10.2. The SMILES string of the molecule is Cc1ccc(F)c(CS(C)(=O)=O)c1Br. The summed E-state index contributed by atoms with van der Waals surface area (Å²) in [4.78, 5) is 0. The molecule has 78 valence electrons. The van der Waals surface area contributed by atoms with Crippen molar-refractivity contribution < 1.29 is 12.8 Å². The quantitative estimate of drug-likeness (QED) is 0.834. The van der Waals surface area contributed by atoms with E-state index >= 15 is 0 Å². The molecule has 0 aliphatic carbocycles. The van der Waals surface area contributed by atoms with Crippen LogP contribution in [0.3, 0.4) is 0 Å². The first-order valence-corrected chi connectivity index (χ1v) is 6.78. The van der Waals surface area contributed by atoms with Crippen LogP contribution in [-0.2, 0) is 15.6 Å². The fourth-order valence-corrected chi connectivity index (χ4v) is 2.56. The Bertz CT molecular complexity index is 454. The van der Waals surface area contributed by atoms with Gasteiger partial charge in [0.25, 0.3) is 0 Å². The van der Waals surface area contributed by atoms with Gasteiger partial charge in [0, 0.05) is 16.3 Å². The van der Waals surface area contributed by atoms with Crippen molar-refractivity contribution in [2.45, 2.75) is 12.7 Å². The fourth-order valence-electron chi connectivity index (χ4n) is 1.11. The molecule has 0 N–H and O–H groups in total. The molecule has 1 aromatic rings. The maximum Gasteiger partial charge on any atom is 0.151 e. The molecule has 5 heteroatoms. The first-order chi connectivity index (χ1) is 6.31. The minimum absolute atomic E-state index is 0.201. The van der Waals surface area contributed by atoms with Gasteiger partial charge in [-0.25, -0.2) is 12.8 Å². The molecule has 0 fully saturated rings. The predicted molar refractivity (Wildman–Crippen MR) is 57.4 cm³/mol. The molecule has 1 rings (SSSR count). The van der Waals surface area contributed by atoms with Crippen molar-refractivity contribution in [3.63, 3.8) is 0 Å². The number of halogens is 2. The van der Waals surface area contributed by atoms with Crippen LogP contribution in [-0.4, -0.2) is 14.7 Å². The number of rotatable bonds is 2. The molecule has 0 bridgehead atoms. The molecule has 0 heterocycles. The smallest absolute Gasteiger partial charge is 0.151 e. The molecular formula is C9H10BrFO2S. The minimum Gasteiger partial charge on any atom is -0.229 e. The topological polar surface area (TPSA) is 34.1 Å². The first-order valence-electron chi connectivity index (χ1n) is 3.92. The highest BCUT2D eigenvalue weighted by atomic mass is 79.9. The van der Waals surface area contributed by atoms with Crippen LogP contribution in [0, 0.1) is 12.7 Å². The second kappa shape index (κ2) is 3.98. The predicted octanol–water partition coefficient (Wildman–Crippen LogP) is 2.44. The van der Waals surface area contributed by atoms with Crippen LogP contribution >= 0.6 is 15.9 Å². The van der Waals surface area contributed by atoms with Crippen molar-refractivity contribution >= 4 is 25.8 Å². The average Bonchev–Trinajstić information content (AvgIpc) is 2.04. The van der Waals surface area contributed by atoms with E-state index in [4.69, 9.17) is 0 Å². The van der Waals surface area contributed by atoms with Crippen molar-refractivity contribution in [2.24, 2.45) is 0 Å². The Labute approximate surface area is 91.2 Å². The number of aryl methyl sites for hydroxylation is 1. The molecule has 0 saturated heterocycles. The average molecular weight is 281 g/mol. The summed E-state index contributed by atoms with van der Waals surface area (Å²) in [6, 6.07) is 2.88. The Balaban J connectivity index is 3.27. The molecule has 0 aromatic heterocycles. The highest BCUT2D eigenvalue weighted by molar-refractivity contribution is 9.10. The molecule has 0 amide bonds. The van der Waals surface area contributed by atoms with Gasteiger partial charge < -0.3 is 0 Å². The van der Waals surface area contributed by atoms with Gasteiger partial charge in [-0.05, 0) is 18.6 Å². The Hall–Kier alpha value is -0.420. The Kier molecular flexibility index (Phi) is 3.32. The second-order valence-corrected chi connectivity index (χ2v) is 6.16. The van der Waals surface area contributed by atoms with Crippen molar-refractivity contribution in [1.29, 1.82) is 0 Å². The van der Waals surface area contributed by atoms with Crippen LogP contribution in [0.15, 0.2) is 16.6 Å². The van der Waals surface area contributed by atoms with Gasteiger partial charge in [-0.15, -0.1) is 0 Å². The van der Waals surface area contributed by atoms with Crippen molar-refractivity contribution in [3.05, 3.63) is 33.5 Å². The summed E-state index contributed by atoms with van der Waals surface area (Å²) in [5.74, 6) is -0.769. The largest absolute Gasteiger partial charge is 0.229 e. The van der Waals surface area contributed by atoms with Crippen molar-refractivity contribution in [2.75, 3.05) is 6.26 Å². The van der Waals surface area contributed by atoms with Crippen molar-refractivity contribution in [1.82, 2.24) is 0 Å². The van der Waals surface area contributed by atoms with E-state index in [0.29, 0.717) is 4.47 Å². The third-order valence-corrected chi connectivity index (χ3v) is 3.70. The monoisotopic (exact) mass is 280 g/mol. The van der Waals surface area contributed by atoms with E-state index in [1.165, 1.54) is 6.07 Å². The molecule has 0 radical (unpaired) electrons. The van der Waals surface area contributed by atoms with E-state index in [-0.39, 0.29) is 11.3 Å². The summed E-state index contributed by atoms with van der Waals surface area (Å²) >= 11 is 3.18. The molecule has 0 saturated carbocycles. The van der Waals surface area contributed by atoms with Gasteiger partial charge in [0.2, 0.25) is 0 Å². The molecule has 0 spiro atoms. The summed E-state index contributed by atoms with van der Waals surface area (Å²) in [6.45, 7) is 1.79. The molecule has 14 heavy (non-hydrogen) atoms. The Morgan fingerprint density at radius 1 is 1.43 bits per heavy atom. The van der Waals surface area contributed by atoms with Gasteiger partial charge in [0.05, 0.1) is 5.75 Å². The third-order valence-electron chi connectivity index (χ3n) is 1.79. The summed E-state index contributed by atoms with van der Waals surface area (Å²) in [5.41, 5.74) is 1.03. The zero-order valence-electron chi connectivity index (χ0n) is 7.84. The lowest BCUT2D eigenvalue weighted by Crippen LogP contribution is -2.04. The highest BCUT2D eigenvalue weighted by Gasteiger charge is 2.14. The molecule has 2 nitrogen and oxygen atoms in total. The lowest BCUT2D eigenvalue weighted by Gasteiger charge is -2.07. The zero-order chi connectivity index (χ0) is 10.9. The van der Waals surface area contributed by atoms with E-state index in [1.54, 1.807) is 13.0 Å². The molecule has 1 aromatic carbocycles. The van der Waals surface area contributed by atoms with Gasteiger partial charge >= 0.3 is 0 Å². The first kappa shape index (κ1) is 11.7. The molecule has 0 aliphatic rings. The van der Waals surface area contributed by atoms with Gasteiger partial charge in [-0.2, -0.15) is 0 Å². The second-order valence-electron chi connectivity index (χ2n) is 3.23. The standard InChI is InChI=1S/C9H10BrFO2S/c1-6-3-4-8(11)7(9(6)10)5-14(2,12)13/h3-4H,5H2,1-2H3. The van der Waals surface area contributed by atoms with Crippen molar-refractivity contribution in [3.8, 4) is 0 Å². The van der Waals surface area contributed by atoms with E-state index in [0.717, 1.165) is 11.8 Å². The lowest BCUT2D eigenvalue weighted by molar-refractivity contribution is 0.591.